The molecule has 0 spiro atoms. The summed E-state index contributed by atoms with van der Waals surface area (Å²) >= 11 is 8.67. The first-order chi connectivity index (χ1) is 11.3. The number of fused-ring (bicyclic) bond motifs is 1. The zero-order valence-corrected chi connectivity index (χ0v) is 14.3. The summed E-state index contributed by atoms with van der Waals surface area (Å²) in [4.78, 5) is 0. The second-order valence-corrected chi connectivity index (χ2v) is 7.33. The molecule has 23 heavy (non-hydrogen) atoms. The highest BCUT2D eigenvalue weighted by Crippen LogP contribution is 2.27. The third-order valence-electron chi connectivity index (χ3n) is 3.34. The van der Waals surface area contributed by atoms with E-state index in [0.717, 1.165) is 20.3 Å². The smallest absolute Gasteiger partial charge is 0.215 e. The van der Waals surface area contributed by atoms with Crippen molar-refractivity contribution in [2.45, 2.75) is 11.0 Å². The minimum atomic E-state index is 0.677. The Hall–Kier alpha value is -2.03. The van der Waals surface area contributed by atoms with E-state index >= 15 is 0 Å². The summed E-state index contributed by atoms with van der Waals surface area (Å²) in [7, 11) is 0. The molecular formula is C15H11N5S3. The van der Waals surface area contributed by atoms with E-state index in [-0.39, 0.29) is 0 Å². The van der Waals surface area contributed by atoms with E-state index in [1.54, 1.807) is 27.8 Å². The highest BCUT2D eigenvalue weighted by Gasteiger charge is 2.11. The van der Waals surface area contributed by atoms with Gasteiger partial charge in [-0.3, -0.25) is 0 Å². The molecule has 0 unspecified atom stereocenters. The van der Waals surface area contributed by atoms with Gasteiger partial charge in [0, 0.05) is 0 Å². The SMILES string of the molecule is S=c1sc2ccccc2n1CSc1nnnn1-c1ccccc1. The van der Waals surface area contributed by atoms with Crippen LogP contribution in [0.25, 0.3) is 15.9 Å². The Balaban J connectivity index is 1.64. The van der Waals surface area contributed by atoms with Gasteiger partial charge in [-0.25, -0.2) is 0 Å². The molecule has 2 heterocycles. The fraction of sp³-hybridized carbons (Fsp3) is 0.0667. The number of aromatic nitrogens is 5. The van der Waals surface area contributed by atoms with Gasteiger partial charge in [0.15, 0.2) is 3.95 Å². The number of nitrogens with zero attached hydrogens (tertiary/aromatic N) is 5. The van der Waals surface area contributed by atoms with Crippen LogP contribution in [0.15, 0.2) is 59.8 Å². The predicted octanol–water partition coefficient (Wildman–Crippen LogP) is 4.16. The molecular weight excluding hydrogens is 346 g/mol. The van der Waals surface area contributed by atoms with Crippen LogP contribution in [-0.4, -0.2) is 24.8 Å². The minimum Gasteiger partial charge on any atom is -0.313 e. The quantitative estimate of drug-likeness (QED) is 0.405. The molecule has 0 atom stereocenters. The van der Waals surface area contributed by atoms with Gasteiger partial charge < -0.3 is 4.57 Å². The monoisotopic (exact) mass is 357 g/mol. The van der Waals surface area contributed by atoms with Crippen molar-refractivity contribution < 1.29 is 0 Å². The maximum atomic E-state index is 5.48. The molecule has 2 aromatic heterocycles. The number of tetrazole rings is 1. The lowest BCUT2D eigenvalue weighted by atomic mass is 10.3. The topological polar surface area (TPSA) is 48.5 Å². The molecule has 0 radical (unpaired) electrons. The number of rotatable bonds is 4. The van der Waals surface area contributed by atoms with Crippen LogP contribution in [0.5, 0.6) is 0 Å². The van der Waals surface area contributed by atoms with Crippen LogP contribution in [-0.2, 0) is 5.88 Å². The second-order valence-electron chi connectivity index (χ2n) is 4.75. The molecule has 0 aliphatic heterocycles. The molecule has 4 rings (SSSR count). The highest BCUT2D eigenvalue weighted by molar-refractivity contribution is 7.98. The molecule has 0 N–H and O–H groups in total. The third kappa shape index (κ3) is 2.80. The lowest BCUT2D eigenvalue weighted by Crippen LogP contribution is -2.00. The first kappa shape index (κ1) is 14.6. The van der Waals surface area contributed by atoms with Crippen molar-refractivity contribution in [2.24, 2.45) is 0 Å². The zero-order chi connectivity index (χ0) is 15.6. The Labute approximate surface area is 145 Å². The summed E-state index contributed by atoms with van der Waals surface area (Å²) in [5.74, 6) is 0.677. The van der Waals surface area contributed by atoms with E-state index < -0.39 is 0 Å². The van der Waals surface area contributed by atoms with Crippen molar-refractivity contribution >= 4 is 45.5 Å². The molecule has 8 heteroatoms. The number of thioether (sulfide) groups is 1. The normalized spacial score (nSPS) is 11.1. The number of benzene rings is 2. The van der Waals surface area contributed by atoms with Gasteiger partial charge in [0.1, 0.15) is 0 Å². The number of hydrogen-bond donors (Lipinski definition) is 0. The van der Waals surface area contributed by atoms with Gasteiger partial charge in [0.25, 0.3) is 0 Å². The van der Waals surface area contributed by atoms with Gasteiger partial charge >= 0.3 is 0 Å². The lowest BCUT2D eigenvalue weighted by molar-refractivity contribution is 0.754. The van der Waals surface area contributed by atoms with E-state index in [9.17, 15) is 0 Å². The molecule has 0 bridgehead atoms. The van der Waals surface area contributed by atoms with Gasteiger partial charge in [-0.05, 0) is 46.9 Å². The van der Waals surface area contributed by atoms with Crippen molar-refractivity contribution in [1.82, 2.24) is 24.8 Å². The lowest BCUT2D eigenvalue weighted by Gasteiger charge is -2.05. The van der Waals surface area contributed by atoms with Gasteiger partial charge in [-0.1, -0.05) is 42.1 Å². The average molecular weight is 357 g/mol. The standard InChI is InChI=1S/C15H11N5S3/c21-15-19(12-8-4-5-9-13(12)23-15)10-22-14-16-17-18-20(14)11-6-2-1-3-7-11/h1-9H,10H2. The number of para-hydroxylation sites is 2. The second kappa shape index (κ2) is 6.23. The zero-order valence-electron chi connectivity index (χ0n) is 11.9. The maximum absolute atomic E-state index is 5.48. The van der Waals surface area contributed by atoms with Crippen molar-refractivity contribution in [1.29, 1.82) is 0 Å². The van der Waals surface area contributed by atoms with Crippen LogP contribution in [0.2, 0.25) is 0 Å². The van der Waals surface area contributed by atoms with Crippen LogP contribution in [0, 0.1) is 3.95 Å². The van der Waals surface area contributed by atoms with E-state index in [4.69, 9.17) is 12.2 Å². The van der Waals surface area contributed by atoms with Crippen LogP contribution in [0.3, 0.4) is 0 Å². The predicted molar refractivity (Wildman–Crippen MR) is 95.7 cm³/mol. The Morgan fingerprint density at radius 3 is 2.70 bits per heavy atom. The molecule has 0 aliphatic carbocycles. The van der Waals surface area contributed by atoms with Crippen LogP contribution in [0.1, 0.15) is 0 Å². The molecule has 0 aliphatic rings. The summed E-state index contributed by atoms with van der Waals surface area (Å²) in [5, 5.41) is 12.7. The molecule has 114 valence electrons. The van der Waals surface area contributed by atoms with Crippen molar-refractivity contribution in [3.05, 3.63) is 58.6 Å². The van der Waals surface area contributed by atoms with Crippen LogP contribution in [0.4, 0.5) is 0 Å². The fourth-order valence-corrected chi connectivity index (χ4v) is 4.62. The largest absolute Gasteiger partial charge is 0.313 e. The molecule has 5 nitrogen and oxygen atoms in total. The Bertz CT molecular complexity index is 1000. The summed E-state index contributed by atoms with van der Waals surface area (Å²) in [6.45, 7) is 0. The van der Waals surface area contributed by atoms with Crippen LogP contribution >= 0.6 is 35.3 Å². The molecule has 0 amide bonds. The first-order valence-corrected chi connectivity index (χ1v) is 9.09. The first-order valence-electron chi connectivity index (χ1n) is 6.88. The summed E-state index contributed by atoms with van der Waals surface area (Å²) in [6, 6.07) is 18.1. The minimum absolute atomic E-state index is 0.677. The highest BCUT2D eigenvalue weighted by atomic mass is 32.2. The van der Waals surface area contributed by atoms with Crippen molar-refractivity contribution in [2.75, 3.05) is 0 Å². The Kier molecular flexibility index (Phi) is 3.94. The molecule has 2 aromatic carbocycles. The molecule has 0 saturated carbocycles. The van der Waals surface area contributed by atoms with E-state index in [1.807, 2.05) is 42.5 Å². The molecule has 4 aromatic rings. The van der Waals surface area contributed by atoms with Gasteiger partial charge in [0.2, 0.25) is 5.16 Å². The Morgan fingerprint density at radius 2 is 1.83 bits per heavy atom. The van der Waals surface area contributed by atoms with Crippen molar-refractivity contribution in [3.8, 4) is 5.69 Å². The fourth-order valence-electron chi connectivity index (χ4n) is 2.26. The summed E-state index contributed by atoms with van der Waals surface area (Å²) in [5.41, 5.74) is 2.09. The summed E-state index contributed by atoms with van der Waals surface area (Å²) < 4.78 is 5.91. The third-order valence-corrected chi connectivity index (χ3v) is 5.67. The van der Waals surface area contributed by atoms with Crippen LogP contribution < -0.4 is 0 Å². The van der Waals surface area contributed by atoms with Gasteiger partial charge in [-0.2, -0.15) is 4.68 Å². The summed E-state index contributed by atoms with van der Waals surface area (Å²) in [6.07, 6.45) is 0. The van der Waals surface area contributed by atoms with Crippen molar-refractivity contribution in [3.63, 3.8) is 0 Å². The van der Waals surface area contributed by atoms with E-state index in [2.05, 4.69) is 32.2 Å². The van der Waals surface area contributed by atoms with E-state index in [1.165, 1.54) is 4.70 Å². The number of thiazole rings is 1. The number of hydrogen-bond acceptors (Lipinski definition) is 6. The molecule has 0 fully saturated rings. The molecule has 0 saturated heterocycles. The Morgan fingerprint density at radius 1 is 1.04 bits per heavy atom. The average Bonchev–Trinajstić information content (AvgIpc) is 3.17. The van der Waals surface area contributed by atoms with E-state index in [0.29, 0.717) is 5.88 Å². The van der Waals surface area contributed by atoms with Gasteiger partial charge in [0.05, 0.1) is 21.8 Å². The maximum Gasteiger partial charge on any atom is 0.215 e. The van der Waals surface area contributed by atoms with Gasteiger partial charge in [-0.15, -0.1) is 16.4 Å².